The number of pyridine rings is 2. The molecular weight excluding hydrogens is 751 g/mol. The Labute approximate surface area is 335 Å². The van der Waals surface area contributed by atoms with Crippen LogP contribution in [0.1, 0.15) is 45.7 Å². The molecule has 8 rings (SSSR count). The summed E-state index contributed by atoms with van der Waals surface area (Å²) in [6.07, 6.45) is 12.0. The Hall–Kier alpha value is -5.53. The highest BCUT2D eigenvalue weighted by Crippen LogP contribution is 2.37. The standard InChI is InChI=1S/C24H28ClN3O4.C19H20FN3O2/c1-5-16-6-21(29)19(25)8-18(16)17-7-22(20-9-26-14-28(20)12-17)31-13-15-10-27(11-15)23(30)32-24(2,3)4;1-2-13-3-18(24)16(20)5-15(13)14-4-19(25-10-12-6-21-7-12)17-8-22-11-23(17)9-14/h6-9,12,14-15,29H,5,10-11,13H2,1-4H3;3-5,8-9,11-12,21,24H,2,6-7,10H2,1H3. The summed E-state index contributed by atoms with van der Waals surface area (Å²) < 4.78 is 35.3. The summed E-state index contributed by atoms with van der Waals surface area (Å²) in [7, 11) is 0. The number of carbonyl (C=O) groups excluding carboxylic acids is 1. The lowest BCUT2D eigenvalue weighted by molar-refractivity contribution is -0.00775. The van der Waals surface area contributed by atoms with E-state index in [1.54, 1.807) is 42.1 Å². The number of phenolic OH excluding ortho intramolecular Hbond substituents is 2. The summed E-state index contributed by atoms with van der Waals surface area (Å²) in [5, 5.41) is 23.2. The van der Waals surface area contributed by atoms with E-state index in [0.29, 0.717) is 49.4 Å². The number of nitrogens with one attached hydrogen (secondary N) is 1. The van der Waals surface area contributed by atoms with Gasteiger partial charge in [0.05, 0.1) is 43.3 Å². The molecule has 1 amide bonds. The number of phenols is 2. The van der Waals surface area contributed by atoms with Crippen LogP contribution in [0.15, 0.2) is 73.8 Å². The second kappa shape index (κ2) is 16.5. The van der Waals surface area contributed by atoms with E-state index in [9.17, 15) is 19.4 Å². The fraction of sp³-hybridized carbons (Fsp3) is 0.372. The number of likely N-dealkylation sites (tertiary alicyclic amines) is 1. The zero-order valence-corrected chi connectivity index (χ0v) is 33.5. The third-order valence-electron chi connectivity index (χ3n) is 10.1. The Morgan fingerprint density at radius 1 is 0.825 bits per heavy atom. The van der Waals surface area contributed by atoms with Crippen molar-refractivity contribution < 1.29 is 33.6 Å². The van der Waals surface area contributed by atoms with Crippen molar-refractivity contribution in [3.8, 4) is 45.3 Å². The molecule has 6 heterocycles. The smallest absolute Gasteiger partial charge is 0.410 e. The predicted molar refractivity (Wildman–Crippen MR) is 217 cm³/mol. The van der Waals surface area contributed by atoms with Crippen LogP contribution in [-0.4, -0.2) is 85.0 Å². The summed E-state index contributed by atoms with van der Waals surface area (Å²) in [6, 6.07) is 10.3. The number of hydrogen-bond donors (Lipinski definition) is 3. The Morgan fingerprint density at radius 3 is 1.86 bits per heavy atom. The SMILES string of the molecule is CCc1cc(O)c(Cl)cc1-c1cc(OCC2CN(C(=O)OC(C)(C)C)C2)c2cncn2c1.CCc1cc(O)c(F)cc1-c1cc(OCC2CNC2)c2cncn2c1. The van der Waals surface area contributed by atoms with Crippen molar-refractivity contribution >= 4 is 28.7 Å². The fourth-order valence-electron chi connectivity index (χ4n) is 6.89. The van der Waals surface area contributed by atoms with Gasteiger partial charge in [-0.3, -0.25) is 0 Å². The van der Waals surface area contributed by atoms with Crippen LogP contribution in [0.2, 0.25) is 5.02 Å². The lowest BCUT2D eigenvalue weighted by Crippen LogP contribution is -2.53. The minimum atomic E-state index is -0.624. The van der Waals surface area contributed by atoms with E-state index in [1.807, 2.05) is 67.9 Å². The molecule has 2 fully saturated rings. The van der Waals surface area contributed by atoms with E-state index in [4.69, 9.17) is 25.8 Å². The summed E-state index contributed by atoms with van der Waals surface area (Å²) in [4.78, 5) is 22.3. The minimum absolute atomic E-state index is 0.0759. The molecule has 6 aromatic rings. The molecule has 300 valence electrons. The fourth-order valence-corrected chi connectivity index (χ4v) is 7.06. The maximum Gasteiger partial charge on any atom is 0.410 e. The van der Waals surface area contributed by atoms with Crippen molar-refractivity contribution in [2.45, 2.75) is 53.1 Å². The van der Waals surface area contributed by atoms with Crippen molar-refractivity contribution in [3.05, 3.63) is 95.8 Å². The quantitative estimate of drug-likeness (QED) is 0.125. The lowest BCUT2D eigenvalue weighted by atomic mass is 9.98. The highest BCUT2D eigenvalue weighted by atomic mass is 35.5. The minimum Gasteiger partial charge on any atom is -0.506 e. The van der Waals surface area contributed by atoms with Crippen molar-refractivity contribution in [2.24, 2.45) is 11.8 Å². The molecule has 57 heavy (non-hydrogen) atoms. The molecule has 0 bridgehead atoms. The molecule has 12 nitrogen and oxygen atoms in total. The average Bonchev–Trinajstić information content (AvgIpc) is 3.82. The highest BCUT2D eigenvalue weighted by Gasteiger charge is 2.34. The molecule has 0 atom stereocenters. The number of benzene rings is 2. The number of imidazole rings is 2. The van der Waals surface area contributed by atoms with Crippen LogP contribution < -0.4 is 14.8 Å². The number of rotatable bonds is 10. The molecule has 0 aliphatic carbocycles. The Kier molecular flexibility index (Phi) is 11.5. The molecule has 2 saturated heterocycles. The first-order valence-electron chi connectivity index (χ1n) is 19.2. The summed E-state index contributed by atoms with van der Waals surface area (Å²) >= 11 is 6.20. The zero-order chi connectivity index (χ0) is 40.4. The topological polar surface area (TPSA) is 135 Å². The van der Waals surface area contributed by atoms with Crippen LogP contribution in [0.5, 0.6) is 23.0 Å². The zero-order valence-electron chi connectivity index (χ0n) is 32.8. The van der Waals surface area contributed by atoms with Gasteiger partial charge in [0.2, 0.25) is 0 Å². The third kappa shape index (κ3) is 8.89. The van der Waals surface area contributed by atoms with Crippen LogP contribution in [-0.2, 0) is 17.6 Å². The number of aromatic nitrogens is 4. The normalized spacial score (nSPS) is 14.5. The second-order valence-electron chi connectivity index (χ2n) is 15.6. The van der Waals surface area contributed by atoms with E-state index in [-0.39, 0.29) is 23.5 Å². The van der Waals surface area contributed by atoms with Gasteiger partial charge in [-0.15, -0.1) is 0 Å². The molecule has 2 aliphatic rings. The van der Waals surface area contributed by atoms with Gasteiger partial charge in [-0.1, -0.05) is 25.4 Å². The summed E-state index contributed by atoms with van der Waals surface area (Å²) in [6.45, 7) is 13.9. The molecule has 3 N–H and O–H groups in total. The van der Waals surface area contributed by atoms with Crippen molar-refractivity contribution in [1.82, 2.24) is 29.0 Å². The van der Waals surface area contributed by atoms with Gasteiger partial charge in [0, 0.05) is 61.5 Å². The number of carbonyl (C=O) groups is 1. The highest BCUT2D eigenvalue weighted by molar-refractivity contribution is 6.32. The maximum atomic E-state index is 13.9. The van der Waals surface area contributed by atoms with Crippen molar-refractivity contribution in [1.29, 1.82) is 0 Å². The lowest BCUT2D eigenvalue weighted by Gasteiger charge is -2.39. The summed E-state index contributed by atoms with van der Waals surface area (Å²) in [5.41, 5.74) is 6.57. The molecule has 4 aromatic heterocycles. The van der Waals surface area contributed by atoms with Gasteiger partial charge in [-0.25, -0.2) is 19.2 Å². The average molecular weight is 799 g/mol. The molecule has 0 spiro atoms. The number of aromatic hydroxyl groups is 2. The Morgan fingerprint density at radius 2 is 1.35 bits per heavy atom. The maximum absolute atomic E-state index is 13.9. The molecule has 0 radical (unpaired) electrons. The molecule has 14 heteroatoms. The first-order valence-corrected chi connectivity index (χ1v) is 19.6. The number of ether oxygens (including phenoxy) is 3. The van der Waals surface area contributed by atoms with Crippen LogP contribution >= 0.6 is 11.6 Å². The van der Waals surface area contributed by atoms with E-state index in [1.165, 1.54) is 12.1 Å². The largest absolute Gasteiger partial charge is 0.506 e. The Balaban J connectivity index is 0.000000179. The van der Waals surface area contributed by atoms with E-state index in [2.05, 4.69) is 15.3 Å². The van der Waals surface area contributed by atoms with Gasteiger partial charge >= 0.3 is 6.09 Å². The third-order valence-corrected chi connectivity index (χ3v) is 10.4. The van der Waals surface area contributed by atoms with Gasteiger partial charge in [0.25, 0.3) is 0 Å². The number of nitrogens with zero attached hydrogens (tertiary/aromatic N) is 5. The van der Waals surface area contributed by atoms with Gasteiger partial charge in [0.1, 0.15) is 33.9 Å². The van der Waals surface area contributed by atoms with Gasteiger partial charge in [-0.2, -0.15) is 0 Å². The number of halogens is 2. The number of amides is 1. The predicted octanol–water partition coefficient (Wildman–Crippen LogP) is 8.18. The second-order valence-corrected chi connectivity index (χ2v) is 16.0. The Bertz CT molecular complexity index is 2400. The molecular formula is C43H48ClFN6O6. The van der Waals surface area contributed by atoms with Gasteiger partial charge in [-0.05, 0) is 92.3 Å². The van der Waals surface area contributed by atoms with Crippen molar-refractivity contribution in [3.63, 3.8) is 0 Å². The van der Waals surface area contributed by atoms with Crippen LogP contribution in [0.3, 0.4) is 0 Å². The first kappa shape index (κ1) is 39.7. The van der Waals surface area contributed by atoms with Crippen LogP contribution in [0, 0.1) is 17.7 Å². The van der Waals surface area contributed by atoms with Gasteiger partial charge in [0.15, 0.2) is 11.6 Å². The van der Waals surface area contributed by atoms with Crippen molar-refractivity contribution in [2.75, 3.05) is 39.4 Å². The molecule has 2 aromatic carbocycles. The number of hydrogen-bond acceptors (Lipinski definition) is 9. The van der Waals surface area contributed by atoms with Gasteiger partial charge < -0.3 is 43.4 Å². The molecule has 0 unspecified atom stereocenters. The van der Waals surface area contributed by atoms with Crippen LogP contribution in [0.25, 0.3) is 33.3 Å². The van der Waals surface area contributed by atoms with E-state index < -0.39 is 11.4 Å². The summed E-state index contributed by atoms with van der Waals surface area (Å²) in [5.74, 6) is 1.33. The van der Waals surface area contributed by atoms with E-state index in [0.717, 1.165) is 69.7 Å². The molecule has 0 saturated carbocycles. The number of fused-ring (bicyclic) bond motifs is 2. The van der Waals surface area contributed by atoms with Crippen LogP contribution in [0.4, 0.5) is 9.18 Å². The molecule has 2 aliphatic heterocycles. The van der Waals surface area contributed by atoms with E-state index >= 15 is 0 Å². The number of aryl methyl sites for hydroxylation is 2. The first-order chi connectivity index (χ1) is 27.3. The monoisotopic (exact) mass is 798 g/mol.